The van der Waals surface area contributed by atoms with Gasteiger partial charge in [-0.15, -0.1) is 0 Å². The van der Waals surface area contributed by atoms with Crippen LogP contribution in [0.5, 0.6) is 0 Å². The molecule has 2 aromatic rings. The second-order valence-electron chi connectivity index (χ2n) is 5.72. The van der Waals surface area contributed by atoms with Gasteiger partial charge >= 0.3 is 0 Å². The zero-order chi connectivity index (χ0) is 13.4. The summed E-state index contributed by atoms with van der Waals surface area (Å²) in [6.07, 6.45) is 9.47. The van der Waals surface area contributed by atoms with E-state index < -0.39 is 0 Å². The van der Waals surface area contributed by atoms with Gasteiger partial charge in [-0.3, -0.25) is 0 Å². The Balaban J connectivity index is 1.86. The number of rotatable bonds is 2. The maximum Gasteiger partial charge on any atom is 0.180 e. The quantitative estimate of drug-likeness (QED) is 0.916. The van der Waals surface area contributed by atoms with Gasteiger partial charge in [0, 0.05) is 24.6 Å². The van der Waals surface area contributed by atoms with Gasteiger partial charge in [0.15, 0.2) is 11.5 Å². The van der Waals surface area contributed by atoms with E-state index in [1.807, 2.05) is 16.8 Å². The molecule has 2 heterocycles. The van der Waals surface area contributed by atoms with Gasteiger partial charge in [-0.05, 0) is 47.0 Å². The first-order chi connectivity index (χ1) is 9.13. The molecule has 1 aliphatic rings. The van der Waals surface area contributed by atoms with Crippen LogP contribution in [0.15, 0.2) is 23.2 Å². The highest BCUT2D eigenvalue weighted by molar-refractivity contribution is 9.10. The molecule has 0 saturated heterocycles. The molecular weight excluding hydrogens is 304 g/mol. The standard InChI is InChI=1S/C14H19BrN4/c1-9-3-4-11(10(2)7-9)17-13-14-16-5-6-19(14)8-12(15)18-13/h5-6,8-11H,3-4,7H2,1-2H3,(H,17,18). The first-order valence-corrected chi connectivity index (χ1v) is 7.68. The lowest BCUT2D eigenvalue weighted by Crippen LogP contribution is -2.33. The van der Waals surface area contributed by atoms with E-state index in [0.29, 0.717) is 12.0 Å². The van der Waals surface area contributed by atoms with Crippen molar-refractivity contribution in [3.8, 4) is 0 Å². The van der Waals surface area contributed by atoms with Crippen LogP contribution >= 0.6 is 15.9 Å². The summed E-state index contributed by atoms with van der Waals surface area (Å²) in [6.45, 7) is 4.67. The minimum Gasteiger partial charge on any atom is -0.364 e. The fraction of sp³-hybridized carbons (Fsp3) is 0.571. The summed E-state index contributed by atoms with van der Waals surface area (Å²) in [4.78, 5) is 8.93. The van der Waals surface area contributed by atoms with E-state index in [1.54, 1.807) is 6.20 Å². The maximum absolute atomic E-state index is 4.54. The van der Waals surface area contributed by atoms with Gasteiger partial charge in [0.25, 0.3) is 0 Å². The van der Waals surface area contributed by atoms with Crippen LogP contribution in [-0.4, -0.2) is 20.4 Å². The van der Waals surface area contributed by atoms with Crippen molar-refractivity contribution < 1.29 is 0 Å². The summed E-state index contributed by atoms with van der Waals surface area (Å²) >= 11 is 3.46. The van der Waals surface area contributed by atoms with E-state index >= 15 is 0 Å². The molecule has 3 unspecified atom stereocenters. The summed E-state index contributed by atoms with van der Waals surface area (Å²) < 4.78 is 2.83. The summed E-state index contributed by atoms with van der Waals surface area (Å²) in [5.41, 5.74) is 0.897. The van der Waals surface area contributed by atoms with Gasteiger partial charge in [-0.2, -0.15) is 0 Å². The van der Waals surface area contributed by atoms with Crippen LogP contribution in [0.2, 0.25) is 0 Å². The molecule has 2 aromatic heterocycles. The van der Waals surface area contributed by atoms with Crippen molar-refractivity contribution in [2.75, 3.05) is 5.32 Å². The lowest BCUT2D eigenvalue weighted by atomic mass is 9.80. The predicted octanol–water partition coefficient (Wildman–Crippen LogP) is 3.73. The number of aromatic nitrogens is 3. The van der Waals surface area contributed by atoms with E-state index in [1.165, 1.54) is 19.3 Å². The van der Waals surface area contributed by atoms with E-state index in [0.717, 1.165) is 22.0 Å². The Hall–Kier alpha value is -1.10. The third-order valence-corrected chi connectivity index (χ3v) is 4.48. The molecule has 102 valence electrons. The molecular formula is C14H19BrN4. The predicted molar refractivity (Wildman–Crippen MR) is 80.3 cm³/mol. The van der Waals surface area contributed by atoms with Gasteiger partial charge in [0.05, 0.1) is 0 Å². The first kappa shape index (κ1) is 12.9. The Bertz CT molecular complexity index is 580. The van der Waals surface area contributed by atoms with Gasteiger partial charge < -0.3 is 9.72 Å². The van der Waals surface area contributed by atoms with Crippen molar-refractivity contribution in [1.29, 1.82) is 0 Å². The molecule has 5 heteroatoms. The number of hydrogen-bond donors (Lipinski definition) is 1. The highest BCUT2D eigenvalue weighted by Gasteiger charge is 2.26. The van der Waals surface area contributed by atoms with Crippen LogP contribution in [0.3, 0.4) is 0 Å². The Morgan fingerprint density at radius 1 is 1.37 bits per heavy atom. The van der Waals surface area contributed by atoms with Gasteiger partial charge in [0.2, 0.25) is 0 Å². The van der Waals surface area contributed by atoms with Crippen molar-refractivity contribution in [2.45, 2.75) is 39.2 Å². The molecule has 0 aromatic carbocycles. The van der Waals surface area contributed by atoms with Crippen molar-refractivity contribution in [2.24, 2.45) is 11.8 Å². The molecule has 3 atom stereocenters. The van der Waals surface area contributed by atoms with Crippen LogP contribution in [0.25, 0.3) is 5.65 Å². The highest BCUT2D eigenvalue weighted by Crippen LogP contribution is 2.31. The molecule has 0 bridgehead atoms. The van der Waals surface area contributed by atoms with Gasteiger partial charge in [0.1, 0.15) is 4.60 Å². The average molecular weight is 323 g/mol. The maximum atomic E-state index is 4.54. The van der Waals surface area contributed by atoms with Gasteiger partial charge in [-0.1, -0.05) is 13.8 Å². The third kappa shape index (κ3) is 2.61. The number of imidazole rings is 1. The fourth-order valence-electron chi connectivity index (χ4n) is 3.05. The van der Waals surface area contributed by atoms with Crippen molar-refractivity contribution in [1.82, 2.24) is 14.4 Å². The Morgan fingerprint density at radius 2 is 2.21 bits per heavy atom. The topological polar surface area (TPSA) is 42.2 Å². The fourth-order valence-corrected chi connectivity index (χ4v) is 3.45. The molecule has 1 fully saturated rings. The minimum absolute atomic E-state index is 0.499. The molecule has 0 spiro atoms. The Kier molecular flexibility index (Phi) is 3.48. The molecule has 1 saturated carbocycles. The molecule has 1 aliphatic carbocycles. The second-order valence-corrected chi connectivity index (χ2v) is 6.53. The second kappa shape index (κ2) is 5.12. The van der Waals surface area contributed by atoms with Gasteiger partial charge in [-0.25, -0.2) is 9.97 Å². The summed E-state index contributed by atoms with van der Waals surface area (Å²) in [5, 5.41) is 3.60. The van der Waals surface area contributed by atoms with E-state index in [2.05, 4.69) is 45.1 Å². The minimum atomic E-state index is 0.499. The van der Waals surface area contributed by atoms with E-state index in [9.17, 15) is 0 Å². The summed E-state index contributed by atoms with van der Waals surface area (Å²) in [5.74, 6) is 2.40. The number of halogens is 1. The molecule has 4 nitrogen and oxygen atoms in total. The zero-order valence-electron chi connectivity index (χ0n) is 11.3. The molecule has 1 N–H and O–H groups in total. The summed E-state index contributed by atoms with van der Waals surface area (Å²) in [6, 6.07) is 0.499. The lowest BCUT2D eigenvalue weighted by molar-refractivity contribution is 0.276. The van der Waals surface area contributed by atoms with E-state index in [4.69, 9.17) is 0 Å². The monoisotopic (exact) mass is 322 g/mol. The zero-order valence-corrected chi connectivity index (χ0v) is 12.9. The normalized spacial score (nSPS) is 27.6. The van der Waals surface area contributed by atoms with Crippen LogP contribution < -0.4 is 5.32 Å². The largest absolute Gasteiger partial charge is 0.364 e. The highest BCUT2D eigenvalue weighted by atomic mass is 79.9. The third-order valence-electron chi connectivity index (χ3n) is 4.10. The van der Waals surface area contributed by atoms with Crippen LogP contribution in [0.4, 0.5) is 5.82 Å². The number of anilines is 1. The smallest absolute Gasteiger partial charge is 0.180 e. The average Bonchev–Trinajstić information content (AvgIpc) is 2.80. The van der Waals surface area contributed by atoms with Crippen molar-refractivity contribution in [3.05, 3.63) is 23.2 Å². The summed E-state index contributed by atoms with van der Waals surface area (Å²) in [7, 11) is 0. The molecule has 0 aliphatic heterocycles. The van der Waals surface area contributed by atoms with Crippen molar-refractivity contribution >= 4 is 27.4 Å². The van der Waals surface area contributed by atoms with Crippen LogP contribution in [0.1, 0.15) is 33.1 Å². The van der Waals surface area contributed by atoms with Crippen LogP contribution in [-0.2, 0) is 0 Å². The molecule has 3 rings (SSSR count). The van der Waals surface area contributed by atoms with Crippen LogP contribution in [0, 0.1) is 11.8 Å². The Morgan fingerprint density at radius 3 is 3.00 bits per heavy atom. The van der Waals surface area contributed by atoms with Crippen molar-refractivity contribution in [3.63, 3.8) is 0 Å². The number of fused-ring (bicyclic) bond motifs is 1. The SMILES string of the molecule is CC1CCC(Nc2nc(Br)cn3ccnc23)C(C)C1. The molecule has 0 amide bonds. The number of nitrogens with zero attached hydrogens (tertiary/aromatic N) is 3. The molecule has 0 radical (unpaired) electrons. The first-order valence-electron chi connectivity index (χ1n) is 6.89. The van der Waals surface area contributed by atoms with E-state index in [-0.39, 0.29) is 0 Å². The number of hydrogen-bond acceptors (Lipinski definition) is 3. The lowest BCUT2D eigenvalue weighted by Gasteiger charge is -2.33. The number of nitrogens with one attached hydrogen (secondary N) is 1. The molecule has 19 heavy (non-hydrogen) atoms. The Labute approximate surface area is 121 Å².